The summed E-state index contributed by atoms with van der Waals surface area (Å²) in [4.78, 5) is 24.1. The Labute approximate surface area is 146 Å². The SMILES string of the molecule is CCNC(=O)NC(=O)[C@H](Oc1ccc(Cl)c(C)c1)c1ccccc1. The zero-order valence-electron chi connectivity index (χ0n) is 13.5. The van der Waals surface area contributed by atoms with E-state index in [1.54, 1.807) is 49.4 Å². The third-order valence-corrected chi connectivity index (χ3v) is 3.72. The Morgan fingerprint density at radius 1 is 1.17 bits per heavy atom. The lowest BCUT2D eigenvalue weighted by Gasteiger charge is -2.19. The van der Waals surface area contributed by atoms with Crippen molar-refractivity contribution in [3.05, 3.63) is 64.7 Å². The summed E-state index contributed by atoms with van der Waals surface area (Å²) in [6.07, 6.45) is -0.950. The molecular formula is C18H19ClN2O3. The van der Waals surface area contributed by atoms with Crippen LogP contribution in [0.25, 0.3) is 0 Å². The Bertz CT molecular complexity index is 719. The molecule has 1 atom stereocenters. The first-order valence-electron chi connectivity index (χ1n) is 7.57. The number of aryl methyl sites for hydroxylation is 1. The molecule has 0 spiro atoms. The number of halogens is 1. The van der Waals surface area contributed by atoms with Crippen LogP contribution in [-0.2, 0) is 4.79 Å². The number of imide groups is 1. The molecule has 24 heavy (non-hydrogen) atoms. The molecule has 3 amide bonds. The number of amides is 3. The Morgan fingerprint density at radius 3 is 2.50 bits per heavy atom. The monoisotopic (exact) mass is 346 g/mol. The van der Waals surface area contributed by atoms with Gasteiger partial charge in [0.15, 0.2) is 0 Å². The molecule has 2 N–H and O–H groups in total. The normalized spacial score (nSPS) is 11.5. The molecule has 2 aromatic carbocycles. The molecule has 126 valence electrons. The molecule has 0 aliphatic heterocycles. The predicted molar refractivity (Wildman–Crippen MR) is 93.2 cm³/mol. The number of hydrogen-bond acceptors (Lipinski definition) is 3. The first-order chi connectivity index (χ1) is 11.5. The summed E-state index contributed by atoms with van der Waals surface area (Å²) in [6.45, 7) is 4.04. The Balaban J connectivity index is 2.24. The summed E-state index contributed by atoms with van der Waals surface area (Å²) < 4.78 is 5.83. The molecule has 0 saturated carbocycles. The van der Waals surface area contributed by atoms with Crippen molar-refractivity contribution < 1.29 is 14.3 Å². The van der Waals surface area contributed by atoms with Crippen molar-refractivity contribution in [2.75, 3.05) is 6.54 Å². The van der Waals surface area contributed by atoms with E-state index in [0.717, 1.165) is 5.56 Å². The Hall–Kier alpha value is -2.53. The molecule has 2 aromatic rings. The second-order valence-corrected chi connectivity index (χ2v) is 5.58. The van der Waals surface area contributed by atoms with Crippen LogP contribution in [0.1, 0.15) is 24.2 Å². The van der Waals surface area contributed by atoms with Crippen LogP contribution in [-0.4, -0.2) is 18.5 Å². The zero-order valence-corrected chi connectivity index (χ0v) is 14.3. The lowest BCUT2D eigenvalue weighted by atomic mass is 10.1. The van der Waals surface area contributed by atoms with Gasteiger partial charge in [0.05, 0.1) is 0 Å². The van der Waals surface area contributed by atoms with Gasteiger partial charge in [-0.15, -0.1) is 0 Å². The van der Waals surface area contributed by atoms with Crippen LogP contribution in [0, 0.1) is 6.92 Å². The molecule has 0 radical (unpaired) electrons. The fraction of sp³-hybridized carbons (Fsp3) is 0.222. The van der Waals surface area contributed by atoms with Crippen molar-refractivity contribution in [1.82, 2.24) is 10.6 Å². The highest BCUT2D eigenvalue weighted by atomic mass is 35.5. The van der Waals surface area contributed by atoms with Crippen molar-refractivity contribution in [3.8, 4) is 5.75 Å². The van der Waals surface area contributed by atoms with Gasteiger partial charge in [0.1, 0.15) is 5.75 Å². The molecule has 0 bridgehead atoms. The van der Waals surface area contributed by atoms with Crippen LogP contribution in [0.5, 0.6) is 5.75 Å². The average molecular weight is 347 g/mol. The third kappa shape index (κ3) is 4.73. The third-order valence-electron chi connectivity index (χ3n) is 3.30. The minimum absolute atomic E-state index is 0.423. The van der Waals surface area contributed by atoms with E-state index in [4.69, 9.17) is 16.3 Å². The summed E-state index contributed by atoms with van der Waals surface area (Å²) in [5.74, 6) is -0.0449. The maximum Gasteiger partial charge on any atom is 0.321 e. The number of urea groups is 1. The number of benzene rings is 2. The van der Waals surface area contributed by atoms with E-state index < -0.39 is 18.0 Å². The van der Waals surface area contributed by atoms with Crippen LogP contribution in [0.2, 0.25) is 5.02 Å². The predicted octanol–water partition coefficient (Wildman–Crippen LogP) is 3.61. The van der Waals surface area contributed by atoms with E-state index in [2.05, 4.69) is 10.6 Å². The van der Waals surface area contributed by atoms with Crippen LogP contribution in [0.3, 0.4) is 0 Å². The lowest BCUT2D eigenvalue weighted by Crippen LogP contribution is -2.42. The second kappa shape index (κ2) is 8.36. The Kier molecular flexibility index (Phi) is 6.21. The standard InChI is InChI=1S/C18H19ClN2O3/c1-3-20-18(23)21-17(22)16(13-7-5-4-6-8-13)24-14-9-10-15(19)12(2)11-14/h4-11,16H,3H2,1-2H3,(H2,20,21,22,23)/t16-/m1/s1. The van der Waals surface area contributed by atoms with Gasteiger partial charge < -0.3 is 10.1 Å². The minimum Gasteiger partial charge on any atom is -0.476 e. The van der Waals surface area contributed by atoms with Gasteiger partial charge >= 0.3 is 6.03 Å². The van der Waals surface area contributed by atoms with E-state index in [1.807, 2.05) is 13.0 Å². The largest absolute Gasteiger partial charge is 0.476 e. The topological polar surface area (TPSA) is 67.4 Å². The lowest BCUT2D eigenvalue weighted by molar-refractivity contribution is -0.127. The molecule has 0 fully saturated rings. The summed E-state index contributed by atoms with van der Waals surface area (Å²) >= 11 is 6.01. The molecule has 6 heteroatoms. The molecule has 0 aliphatic carbocycles. The summed E-state index contributed by atoms with van der Waals surface area (Å²) in [5.41, 5.74) is 1.48. The van der Waals surface area contributed by atoms with E-state index in [1.165, 1.54) is 0 Å². The minimum atomic E-state index is -0.950. The van der Waals surface area contributed by atoms with E-state index in [-0.39, 0.29) is 0 Å². The maximum absolute atomic E-state index is 12.5. The number of nitrogens with one attached hydrogen (secondary N) is 2. The second-order valence-electron chi connectivity index (χ2n) is 5.17. The van der Waals surface area contributed by atoms with Crippen molar-refractivity contribution >= 4 is 23.5 Å². The van der Waals surface area contributed by atoms with Gasteiger partial charge in [-0.3, -0.25) is 10.1 Å². The zero-order chi connectivity index (χ0) is 17.5. The fourth-order valence-corrected chi connectivity index (χ4v) is 2.23. The number of rotatable bonds is 5. The van der Waals surface area contributed by atoms with E-state index >= 15 is 0 Å². The van der Waals surface area contributed by atoms with Crippen molar-refractivity contribution in [2.24, 2.45) is 0 Å². The van der Waals surface area contributed by atoms with Gasteiger partial charge in [0.2, 0.25) is 6.10 Å². The quantitative estimate of drug-likeness (QED) is 0.869. The molecule has 0 heterocycles. The average Bonchev–Trinajstić information content (AvgIpc) is 2.56. The molecule has 2 rings (SSSR count). The van der Waals surface area contributed by atoms with Crippen molar-refractivity contribution in [3.63, 3.8) is 0 Å². The summed E-state index contributed by atoms with van der Waals surface area (Å²) in [7, 11) is 0. The molecule has 0 unspecified atom stereocenters. The van der Waals surface area contributed by atoms with Crippen molar-refractivity contribution in [1.29, 1.82) is 0 Å². The molecule has 0 saturated heterocycles. The van der Waals surface area contributed by atoms with Crippen LogP contribution in [0.4, 0.5) is 4.79 Å². The van der Waals surface area contributed by atoms with Gasteiger partial charge in [0, 0.05) is 17.1 Å². The highest BCUT2D eigenvalue weighted by Crippen LogP contribution is 2.26. The Morgan fingerprint density at radius 2 is 1.88 bits per heavy atom. The van der Waals surface area contributed by atoms with Crippen LogP contribution in [0.15, 0.2) is 48.5 Å². The molecular weight excluding hydrogens is 328 g/mol. The summed E-state index contributed by atoms with van der Waals surface area (Å²) in [6, 6.07) is 13.6. The number of ether oxygens (including phenoxy) is 1. The maximum atomic E-state index is 12.5. The first-order valence-corrected chi connectivity index (χ1v) is 7.95. The summed E-state index contributed by atoms with van der Waals surface area (Å²) in [5, 5.41) is 5.42. The number of carbonyl (C=O) groups is 2. The molecule has 5 nitrogen and oxygen atoms in total. The van der Waals surface area contributed by atoms with Gasteiger partial charge in [0.25, 0.3) is 5.91 Å². The van der Waals surface area contributed by atoms with Gasteiger partial charge in [-0.05, 0) is 37.6 Å². The highest BCUT2D eigenvalue weighted by Gasteiger charge is 2.24. The van der Waals surface area contributed by atoms with Gasteiger partial charge in [-0.1, -0.05) is 41.9 Å². The van der Waals surface area contributed by atoms with Gasteiger partial charge in [-0.2, -0.15) is 0 Å². The van der Waals surface area contributed by atoms with Gasteiger partial charge in [-0.25, -0.2) is 4.79 Å². The fourth-order valence-electron chi connectivity index (χ4n) is 2.11. The molecule has 0 aromatic heterocycles. The number of hydrogen-bond donors (Lipinski definition) is 2. The highest BCUT2D eigenvalue weighted by molar-refractivity contribution is 6.31. The smallest absolute Gasteiger partial charge is 0.321 e. The van der Waals surface area contributed by atoms with Crippen LogP contribution < -0.4 is 15.4 Å². The molecule has 0 aliphatic rings. The van der Waals surface area contributed by atoms with Crippen molar-refractivity contribution in [2.45, 2.75) is 20.0 Å². The van der Waals surface area contributed by atoms with Crippen LogP contribution >= 0.6 is 11.6 Å². The van der Waals surface area contributed by atoms with E-state index in [0.29, 0.717) is 22.9 Å². The van der Waals surface area contributed by atoms with E-state index in [9.17, 15) is 9.59 Å². The number of carbonyl (C=O) groups excluding carboxylic acids is 2. The first kappa shape index (κ1) is 17.8.